The summed E-state index contributed by atoms with van der Waals surface area (Å²) in [5.41, 5.74) is 2.27. The van der Waals surface area contributed by atoms with Crippen molar-refractivity contribution in [2.45, 2.75) is 13.8 Å². The summed E-state index contributed by atoms with van der Waals surface area (Å²) in [4.78, 5) is 29.7. The second-order valence-electron chi connectivity index (χ2n) is 3.62. The molecule has 0 aliphatic heterocycles. The summed E-state index contributed by atoms with van der Waals surface area (Å²) in [5.74, 6) is -1.49. The number of nitro groups is 1. The first-order valence-corrected chi connectivity index (χ1v) is 5.92. The van der Waals surface area contributed by atoms with Gasteiger partial charge in [0.25, 0.3) is 5.91 Å². The average Bonchev–Trinajstić information content (AvgIpc) is 2.84. The van der Waals surface area contributed by atoms with Gasteiger partial charge in [0, 0.05) is 5.97 Å². The molecule has 0 atom stereocenters. The highest BCUT2D eigenvalue weighted by Gasteiger charge is 2.10. The molecular formula is C11H16N4O6. The van der Waals surface area contributed by atoms with Gasteiger partial charge in [0.2, 0.25) is 0 Å². The van der Waals surface area contributed by atoms with Crippen LogP contribution in [0.3, 0.4) is 0 Å². The Morgan fingerprint density at radius 1 is 1.52 bits per heavy atom. The number of carboxylic acids is 1. The Balaban J connectivity index is 0.000000885. The van der Waals surface area contributed by atoms with Crippen molar-refractivity contribution in [1.29, 1.82) is 0 Å². The van der Waals surface area contributed by atoms with Crippen molar-refractivity contribution in [3.05, 3.63) is 28.0 Å². The molecule has 10 heteroatoms. The molecule has 0 fully saturated rings. The summed E-state index contributed by atoms with van der Waals surface area (Å²) in [6.07, 6.45) is 1.21. The van der Waals surface area contributed by atoms with E-state index in [1.807, 2.05) is 12.2 Å². The zero-order valence-electron chi connectivity index (χ0n) is 11.6. The van der Waals surface area contributed by atoms with Crippen LogP contribution in [0.2, 0.25) is 0 Å². The fraction of sp³-hybridized carbons (Fsp3) is 0.364. The maximum Gasteiger partial charge on any atom is 0.433 e. The molecule has 0 saturated carbocycles. The van der Waals surface area contributed by atoms with Crippen molar-refractivity contribution < 1.29 is 29.4 Å². The number of quaternary nitrogens is 1. The normalized spacial score (nSPS) is 9.81. The largest absolute Gasteiger partial charge is 0.550 e. The summed E-state index contributed by atoms with van der Waals surface area (Å²) in [6, 6.07) is 2.61. The number of likely N-dealkylation sites (N-methyl/N-ethyl adjacent to an activating group) is 1. The van der Waals surface area contributed by atoms with Gasteiger partial charge in [0.05, 0.1) is 18.8 Å². The molecule has 0 bridgehead atoms. The standard InChI is InChI=1S/C9H12N4O4.C2H4O2/c1-2-10-6-8(14)12-11-5-7-3-4-9(17-7)13(15)16;1-2(3)4/h3-5,10H,2,6H2,1H3,(H,12,14);1H3,(H,3,4)/b11-5+;. The summed E-state index contributed by atoms with van der Waals surface area (Å²) >= 11 is 0. The molecule has 1 amide bonds. The zero-order chi connectivity index (χ0) is 16.3. The molecule has 0 unspecified atom stereocenters. The van der Waals surface area contributed by atoms with Gasteiger partial charge in [0.15, 0.2) is 12.3 Å². The van der Waals surface area contributed by atoms with Gasteiger partial charge in [-0.15, -0.1) is 0 Å². The first kappa shape index (κ1) is 18.2. The predicted octanol–water partition coefficient (Wildman–Crippen LogP) is -2.02. The van der Waals surface area contributed by atoms with E-state index in [9.17, 15) is 14.9 Å². The van der Waals surface area contributed by atoms with E-state index in [0.29, 0.717) is 0 Å². The number of carbonyl (C=O) groups is 2. The van der Waals surface area contributed by atoms with E-state index in [4.69, 9.17) is 14.3 Å². The monoisotopic (exact) mass is 300 g/mol. The summed E-state index contributed by atoms with van der Waals surface area (Å²) in [5, 5.41) is 24.6. The highest BCUT2D eigenvalue weighted by Crippen LogP contribution is 2.13. The van der Waals surface area contributed by atoms with Crippen LogP contribution in [0.1, 0.15) is 19.6 Å². The van der Waals surface area contributed by atoms with Crippen LogP contribution in [0.25, 0.3) is 0 Å². The Morgan fingerprint density at radius 3 is 2.62 bits per heavy atom. The Hall–Kier alpha value is -2.75. The third-order valence-corrected chi connectivity index (χ3v) is 1.79. The van der Waals surface area contributed by atoms with Gasteiger partial charge < -0.3 is 19.6 Å². The highest BCUT2D eigenvalue weighted by molar-refractivity contribution is 5.80. The third kappa shape index (κ3) is 9.78. The molecule has 1 heterocycles. The maximum absolute atomic E-state index is 11.1. The van der Waals surface area contributed by atoms with Gasteiger partial charge in [-0.3, -0.25) is 14.9 Å². The molecule has 0 radical (unpaired) electrons. The number of nitrogens with two attached hydrogens (primary N) is 1. The highest BCUT2D eigenvalue weighted by atomic mass is 16.6. The fourth-order valence-corrected chi connectivity index (χ4v) is 0.999. The van der Waals surface area contributed by atoms with Gasteiger partial charge in [-0.05, 0) is 19.9 Å². The topological polar surface area (TPSA) is 154 Å². The van der Waals surface area contributed by atoms with Gasteiger partial charge in [-0.25, -0.2) is 5.43 Å². The summed E-state index contributed by atoms with van der Waals surface area (Å²) in [7, 11) is 0. The van der Waals surface area contributed by atoms with Crippen molar-refractivity contribution in [1.82, 2.24) is 5.43 Å². The first-order chi connectivity index (χ1) is 9.86. The quantitative estimate of drug-likeness (QED) is 0.351. The van der Waals surface area contributed by atoms with Gasteiger partial charge >= 0.3 is 5.88 Å². The van der Waals surface area contributed by atoms with Gasteiger partial charge in [0.1, 0.15) is 4.92 Å². The summed E-state index contributed by atoms with van der Waals surface area (Å²) in [6.45, 7) is 3.99. The molecule has 10 nitrogen and oxygen atoms in total. The van der Waals surface area contributed by atoms with Crippen LogP contribution >= 0.6 is 0 Å². The van der Waals surface area contributed by atoms with E-state index >= 15 is 0 Å². The lowest BCUT2D eigenvalue weighted by Gasteiger charge is -1.96. The number of nitrogens with zero attached hydrogens (tertiary/aromatic N) is 2. The van der Waals surface area contributed by atoms with Crippen LogP contribution in [-0.4, -0.2) is 36.1 Å². The number of amides is 1. The lowest BCUT2D eigenvalue weighted by Crippen LogP contribution is -2.86. The van der Waals surface area contributed by atoms with Crippen LogP contribution in [0, 0.1) is 10.1 Å². The van der Waals surface area contributed by atoms with Crippen LogP contribution in [-0.2, 0) is 9.59 Å². The average molecular weight is 300 g/mol. The van der Waals surface area contributed by atoms with E-state index in [-0.39, 0.29) is 24.1 Å². The molecular weight excluding hydrogens is 284 g/mol. The van der Waals surface area contributed by atoms with Crippen molar-refractivity contribution in [2.75, 3.05) is 13.1 Å². The van der Waals surface area contributed by atoms with Crippen molar-refractivity contribution in [2.24, 2.45) is 5.10 Å². The molecule has 0 saturated heterocycles. The lowest BCUT2D eigenvalue weighted by molar-refractivity contribution is -0.640. The Kier molecular flexibility index (Phi) is 8.77. The molecule has 1 aromatic rings. The maximum atomic E-state index is 11.1. The Morgan fingerprint density at radius 2 is 2.14 bits per heavy atom. The lowest BCUT2D eigenvalue weighted by atomic mass is 10.5. The smallest absolute Gasteiger partial charge is 0.433 e. The van der Waals surface area contributed by atoms with Crippen molar-refractivity contribution in [3.8, 4) is 0 Å². The van der Waals surface area contributed by atoms with Gasteiger partial charge in [-0.2, -0.15) is 5.10 Å². The predicted molar refractivity (Wildman–Crippen MR) is 69.1 cm³/mol. The molecule has 0 spiro atoms. The molecule has 0 aliphatic carbocycles. The third-order valence-electron chi connectivity index (χ3n) is 1.79. The number of hydrogen-bond donors (Lipinski definition) is 2. The Bertz CT molecular complexity index is 507. The van der Waals surface area contributed by atoms with Crippen LogP contribution < -0.4 is 15.8 Å². The van der Waals surface area contributed by atoms with E-state index in [0.717, 1.165) is 13.5 Å². The number of carbonyl (C=O) groups excluding carboxylic acids is 2. The minimum atomic E-state index is -1.08. The van der Waals surface area contributed by atoms with Crippen LogP contribution in [0.15, 0.2) is 21.7 Å². The summed E-state index contributed by atoms with van der Waals surface area (Å²) < 4.78 is 4.80. The molecule has 1 aromatic heterocycles. The second kappa shape index (κ2) is 10.1. The number of carboxylic acid groups (broad SMARTS) is 1. The van der Waals surface area contributed by atoms with Crippen molar-refractivity contribution in [3.63, 3.8) is 0 Å². The van der Waals surface area contributed by atoms with E-state index in [2.05, 4.69) is 10.5 Å². The molecule has 21 heavy (non-hydrogen) atoms. The van der Waals surface area contributed by atoms with Gasteiger partial charge in [-0.1, -0.05) is 0 Å². The second-order valence-corrected chi connectivity index (χ2v) is 3.62. The Labute approximate surface area is 120 Å². The molecule has 0 aromatic carbocycles. The minimum Gasteiger partial charge on any atom is -0.550 e. The number of rotatable bonds is 6. The van der Waals surface area contributed by atoms with Crippen LogP contribution in [0.5, 0.6) is 0 Å². The molecule has 1 rings (SSSR count). The zero-order valence-corrected chi connectivity index (χ0v) is 11.6. The van der Waals surface area contributed by atoms with Crippen molar-refractivity contribution >= 4 is 24.0 Å². The number of hydrogen-bond acceptors (Lipinski definition) is 7. The molecule has 116 valence electrons. The minimum absolute atomic E-state index is 0.205. The van der Waals surface area contributed by atoms with E-state index in [1.165, 1.54) is 18.3 Å². The van der Waals surface area contributed by atoms with E-state index in [1.54, 1.807) is 0 Å². The molecule has 3 N–H and O–H groups in total. The first-order valence-electron chi connectivity index (χ1n) is 5.92. The number of furan rings is 1. The molecule has 0 aliphatic rings. The van der Waals surface area contributed by atoms with Crippen LogP contribution in [0.4, 0.5) is 5.88 Å². The number of nitrogens with one attached hydrogen (secondary N) is 1. The SMILES string of the molecule is CC(=O)[O-].CC[NH2+]CC(=O)N/N=C/c1ccc([N+](=O)[O-])o1. The van der Waals surface area contributed by atoms with E-state index < -0.39 is 10.9 Å². The number of hydrazone groups is 1. The number of aliphatic carboxylic acids is 1. The fourth-order valence-electron chi connectivity index (χ4n) is 0.999.